The molecule has 134 valence electrons. The molecule has 0 unspecified atom stereocenters. The molecule has 1 aromatic rings. The summed E-state index contributed by atoms with van der Waals surface area (Å²) in [6.45, 7) is 2.69. The van der Waals surface area contributed by atoms with Crippen molar-refractivity contribution in [3.05, 3.63) is 18.2 Å². The number of nitrogens with zero attached hydrogens (tertiary/aromatic N) is 2. The van der Waals surface area contributed by atoms with E-state index in [1.165, 1.54) is 12.8 Å². The minimum absolute atomic E-state index is 0.0957. The van der Waals surface area contributed by atoms with Crippen molar-refractivity contribution in [2.24, 2.45) is 11.8 Å². The normalized spacial score (nSPS) is 25.0. The molecule has 9 heteroatoms. The molecule has 2 aliphatic rings. The molecule has 1 saturated carbocycles. The number of carbonyl (C=O) groups excluding carboxylic acids is 1. The number of amides is 1. The summed E-state index contributed by atoms with van der Waals surface area (Å²) in [6, 6.07) is 0.137. The van der Waals surface area contributed by atoms with E-state index in [0.29, 0.717) is 11.8 Å². The Balaban J connectivity index is 1.50. The highest BCUT2D eigenvalue weighted by atomic mass is 32.2. The van der Waals surface area contributed by atoms with Crippen molar-refractivity contribution in [3.63, 3.8) is 0 Å². The average molecular weight is 355 g/mol. The number of aromatic nitrogens is 2. The topological polar surface area (TPSA) is 107 Å². The van der Waals surface area contributed by atoms with E-state index >= 15 is 0 Å². The SMILES string of the molecule is CS(=O)(=O)NCCC(=O)N[C@@H]1CN(Cc2ncc[nH]2)C[C@H]1C1CC1. The lowest BCUT2D eigenvalue weighted by molar-refractivity contribution is -0.121. The molecule has 0 radical (unpaired) electrons. The third kappa shape index (κ3) is 5.02. The Morgan fingerprint density at radius 2 is 2.21 bits per heavy atom. The summed E-state index contributed by atoms with van der Waals surface area (Å²) in [7, 11) is -3.25. The van der Waals surface area contributed by atoms with Crippen LogP contribution in [0.2, 0.25) is 0 Å². The second-order valence-corrected chi connectivity index (χ2v) is 8.65. The molecule has 2 atom stereocenters. The lowest BCUT2D eigenvalue weighted by atomic mass is 9.98. The Kier molecular flexibility index (Phi) is 5.21. The van der Waals surface area contributed by atoms with Crippen LogP contribution in [0.25, 0.3) is 0 Å². The molecule has 1 saturated heterocycles. The van der Waals surface area contributed by atoms with Crippen LogP contribution in [-0.4, -0.2) is 61.1 Å². The maximum absolute atomic E-state index is 12.1. The fourth-order valence-corrected chi connectivity index (χ4v) is 3.90. The van der Waals surface area contributed by atoms with Gasteiger partial charge in [-0.05, 0) is 24.7 Å². The van der Waals surface area contributed by atoms with E-state index in [4.69, 9.17) is 0 Å². The lowest BCUT2D eigenvalue weighted by Gasteiger charge is -2.19. The van der Waals surface area contributed by atoms with Crippen LogP contribution in [-0.2, 0) is 21.4 Å². The van der Waals surface area contributed by atoms with Crippen molar-refractivity contribution in [1.82, 2.24) is 24.9 Å². The molecule has 24 heavy (non-hydrogen) atoms. The van der Waals surface area contributed by atoms with Gasteiger partial charge in [0.1, 0.15) is 5.82 Å². The highest BCUT2D eigenvalue weighted by molar-refractivity contribution is 7.88. The molecule has 3 N–H and O–H groups in total. The van der Waals surface area contributed by atoms with Crippen LogP contribution in [0.3, 0.4) is 0 Å². The van der Waals surface area contributed by atoms with Gasteiger partial charge < -0.3 is 10.3 Å². The first-order valence-electron chi connectivity index (χ1n) is 8.35. The van der Waals surface area contributed by atoms with Gasteiger partial charge in [-0.15, -0.1) is 0 Å². The number of aromatic amines is 1. The van der Waals surface area contributed by atoms with Gasteiger partial charge in [-0.3, -0.25) is 9.69 Å². The quantitative estimate of drug-likeness (QED) is 0.592. The fraction of sp³-hybridized carbons (Fsp3) is 0.733. The predicted molar refractivity (Wildman–Crippen MR) is 89.5 cm³/mol. The van der Waals surface area contributed by atoms with Gasteiger partial charge in [0.05, 0.1) is 12.8 Å². The Labute approximate surface area is 142 Å². The number of hydrogen-bond acceptors (Lipinski definition) is 5. The first-order chi connectivity index (χ1) is 11.4. The van der Waals surface area contributed by atoms with Crippen molar-refractivity contribution in [1.29, 1.82) is 0 Å². The Morgan fingerprint density at radius 1 is 1.42 bits per heavy atom. The monoisotopic (exact) mass is 355 g/mol. The van der Waals surface area contributed by atoms with Crippen molar-refractivity contribution in [2.45, 2.75) is 31.8 Å². The van der Waals surface area contributed by atoms with Crippen molar-refractivity contribution < 1.29 is 13.2 Å². The van der Waals surface area contributed by atoms with E-state index in [0.717, 1.165) is 31.7 Å². The summed E-state index contributed by atoms with van der Waals surface area (Å²) in [4.78, 5) is 21.8. The van der Waals surface area contributed by atoms with E-state index in [9.17, 15) is 13.2 Å². The minimum atomic E-state index is -3.25. The lowest BCUT2D eigenvalue weighted by Crippen LogP contribution is -2.42. The smallest absolute Gasteiger partial charge is 0.221 e. The first kappa shape index (κ1) is 17.4. The van der Waals surface area contributed by atoms with Crippen LogP contribution in [0.4, 0.5) is 0 Å². The molecule has 0 bridgehead atoms. The van der Waals surface area contributed by atoms with Gasteiger partial charge in [0.15, 0.2) is 0 Å². The van der Waals surface area contributed by atoms with Crippen molar-refractivity contribution in [2.75, 3.05) is 25.9 Å². The summed E-state index contributed by atoms with van der Waals surface area (Å²) >= 11 is 0. The Hall–Kier alpha value is -1.45. The highest BCUT2D eigenvalue weighted by Gasteiger charge is 2.42. The van der Waals surface area contributed by atoms with Gasteiger partial charge in [-0.1, -0.05) is 0 Å². The number of hydrogen-bond donors (Lipinski definition) is 3. The maximum atomic E-state index is 12.1. The van der Waals surface area contributed by atoms with Crippen LogP contribution >= 0.6 is 0 Å². The Morgan fingerprint density at radius 3 is 2.83 bits per heavy atom. The van der Waals surface area contributed by atoms with Gasteiger partial charge in [-0.25, -0.2) is 18.1 Å². The van der Waals surface area contributed by atoms with Crippen LogP contribution in [0, 0.1) is 11.8 Å². The third-order valence-corrected chi connectivity index (χ3v) is 5.39. The molecule has 2 fully saturated rings. The number of nitrogens with one attached hydrogen (secondary N) is 3. The van der Waals surface area contributed by atoms with Crippen LogP contribution in [0.1, 0.15) is 25.1 Å². The number of rotatable bonds is 8. The van der Waals surface area contributed by atoms with Crippen LogP contribution in [0.5, 0.6) is 0 Å². The summed E-state index contributed by atoms with van der Waals surface area (Å²) in [5.41, 5.74) is 0. The second kappa shape index (κ2) is 7.20. The number of imidazole rings is 1. The van der Waals surface area contributed by atoms with Crippen molar-refractivity contribution >= 4 is 15.9 Å². The van der Waals surface area contributed by atoms with E-state index in [2.05, 4.69) is 24.9 Å². The summed E-state index contributed by atoms with van der Waals surface area (Å²) < 4.78 is 24.4. The van der Waals surface area contributed by atoms with Gasteiger partial charge in [-0.2, -0.15) is 0 Å². The molecule has 0 spiro atoms. The number of H-pyrrole nitrogens is 1. The van der Waals surface area contributed by atoms with Gasteiger partial charge >= 0.3 is 0 Å². The van der Waals surface area contributed by atoms with E-state index < -0.39 is 10.0 Å². The molecule has 0 aromatic carbocycles. The van der Waals surface area contributed by atoms with Crippen LogP contribution in [0.15, 0.2) is 12.4 Å². The van der Waals surface area contributed by atoms with Crippen LogP contribution < -0.4 is 10.0 Å². The summed E-state index contributed by atoms with van der Waals surface area (Å²) in [5.74, 6) is 2.02. The minimum Gasteiger partial charge on any atom is -0.352 e. The molecule has 1 amide bonds. The van der Waals surface area contributed by atoms with Gasteiger partial charge in [0.2, 0.25) is 15.9 Å². The van der Waals surface area contributed by atoms with Gasteiger partial charge in [0.25, 0.3) is 0 Å². The standard InChI is InChI=1S/C15H25N5O3S/c1-24(22,23)18-5-4-15(21)19-13-9-20(8-12(13)11-2-3-11)10-14-16-6-7-17-14/h6-7,11-13,18H,2-5,8-10H2,1H3,(H,16,17)(H,19,21)/t12-,13+/m0/s1. The maximum Gasteiger partial charge on any atom is 0.221 e. The molecular formula is C15H25N5O3S. The highest BCUT2D eigenvalue weighted by Crippen LogP contribution is 2.41. The second-order valence-electron chi connectivity index (χ2n) is 6.82. The summed E-state index contributed by atoms with van der Waals surface area (Å²) in [6.07, 6.45) is 7.30. The molecular weight excluding hydrogens is 330 g/mol. The van der Waals surface area contributed by atoms with Gasteiger partial charge in [0, 0.05) is 44.5 Å². The summed E-state index contributed by atoms with van der Waals surface area (Å²) in [5, 5.41) is 3.10. The number of likely N-dealkylation sites (tertiary alicyclic amines) is 1. The van der Waals surface area contributed by atoms with Crippen molar-refractivity contribution in [3.8, 4) is 0 Å². The third-order valence-electron chi connectivity index (χ3n) is 4.66. The molecule has 1 aliphatic heterocycles. The van der Waals surface area contributed by atoms with E-state index in [1.807, 2.05) is 6.20 Å². The molecule has 8 nitrogen and oxygen atoms in total. The van der Waals surface area contributed by atoms with E-state index in [-0.39, 0.29) is 24.9 Å². The zero-order valence-electron chi connectivity index (χ0n) is 13.9. The van der Waals surface area contributed by atoms with E-state index in [1.54, 1.807) is 6.20 Å². The molecule has 2 heterocycles. The number of sulfonamides is 1. The fourth-order valence-electron chi connectivity index (χ4n) is 3.42. The molecule has 1 aromatic heterocycles. The zero-order chi connectivity index (χ0) is 17.2. The molecule has 1 aliphatic carbocycles. The zero-order valence-corrected chi connectivity index (χ0v) is 14.7. The molecule has 3 rings (SSSR count). The largest absolute Gasteiger partial charge is 0.352 e. The Bertz CT molecular complexity index is 657. The average Bonchev–Trinajstić information content (AvgIpc) is 3.06. The number of carbonyl (C=O) groups is 1. The predicted octanol–water partition coefficient (Wildman–Crippen LogP) is -0.324. The first-order valence-corrected chi connectivity index (χ1v) is 10.2.